The summed E-state index contributed by atoms with van der Waals surface area (Å²) in [7, 11) is 1.97. The molecule has 2 aromatic rings. The summed E-state index contributed by atoms with van der Waals surface area (Å²) in [6, 6.07) is 9.05. The lowest BCUT2D eigenvalue weighted by molar-refractivity contribution is -0.131. The van der Waals surface area contributed by atoms with Gasteiger partial charge in [0.1, 0.15) is 0 Å². The van der Waals surface area contributed by atoms with Crippen molar-refractivity contribution < 1.29 is 4.79 Å². The zero-order chi connectivity index (χ0) is 16.4. The van der Waals surface area contributed by atoms with Crippen LogP contribution < -0.4 is 0 Å². The first kappa shape index (κ1) is 15.8. The van der Waals surface area contributed by atoms with Crippen LogP contribution in [0.1, 0.15) is 42.5 Å². The van der Waals surface area contributed by atoms with Crippen molar-refractivity contribution in [2.45, 2.75) is 45.1 Å². The fourth-order valence-electron chi connectivity index (χ4n) is 3.46. The molecule has 1 saturated heterocycles. The fraction of sp³-hybridized carbons (Fsp3) is 0.474. The molecule has 1 aromatic heterocycles. The molecule has 1 aromatic carbocycles. The van der Waals surface area contributed by atoms with Gasteiger partial charge in [-0.05, 0) is 32.3 Å². The predicted molar refractivity (Wildman–Crippen MR) is 91.2 cm³/mol. The SMILES string of the molecule is Cc1ccc([C@@H]2C[C@H](C)N(C(=O)CCc3cncn3C)C2)cc1. The second-order valence-electron chi connectivity index (χ2n) is 6.73. The van der Waals surface area contributed by atoms with Crippen LogP contribution in [0.5, 0.6) is 0 Å². The number of likely N-dealkylation sites (tertiary alicyclic amines) is 1. The van der Waals surface area contributed by atoms with Gasteiger partial charge in [-0.2, -0.15) is 0 Å². The number of rotatable bonds is 4. The lowest BCUT2D eigenvalue weighted by atomic mass is 9.96. The van der Waals surface area contributed by atoms with Crippen LogP contribution in [0.4, 0.5) is 0 Å². The van der Waals surface area contributed by atoms with Crippen molar-refractivity contribution in [2.75, 3.05) is 6.54 Å². The molecule has 4 heteroatoms. The largest absolute Gasteiger partial charge is 0.339 e. The number of nitrogens with zero attached hydrogens (tertiary/aromatic N) is 3. The van der Waals surface area contributed by atoms with Crippen molar-refractivity contribution in [1.82, 2.24) is 14.5 Å². The third kappa shape index (κ3) is 3.46. The Morgan fingerprint density at radius 1 is 1.30 bits per heavy atom. The molecule has 3 rings (SSSR count). The number of aryl methyl sites for hydroxylation is 3. The maximum atomic E-state index is 12.6. The summed E-state index contributed by atoms with van der Waals surface area (Å²) in [5, 5.41) is 0. The molecule has 1 fully saturated rings. The Kier molecular flexibility index (Phi) is 4.51. The number of aromatic nitrogens is 2. The number of hydrogen-bond donors (Lipinski definition) is 0. The number of amides is 1. The van der Waals surface area contributed by atoms with E-state index in [0.717, 1.165) is 25.1 Å². The van der Waals surface area contributed by atoms with Gasteiger partial charge in [0.05, 0.1) is 6.33 Å². The van der Waals surface area contributed by atoms with E-state index in [1.165, 1.54) is 11.1 Å². The van der Waals surface area contributed by atoms with Crippen LogP contribution in [0.2, 0.25) is 0 Å². The first-order valence-electron chi connectivity index (χ1n) is 8.36. The molecule has 122 valence electrons. The van der Waals surface area contributed by atoms with Crippen molar-refractivity contribution in [3.05, 3.63) is 53.6 Å². The summed E-state index contributed by atoms with van der Waals surface area (Å²) in [6.07, 6.45) is 6.00. The standard InChI is InChI=1S/C19H25N3O/c1-14-4-6-16(7-5-14)17-10-15(2)22(12-17)19(23)9-8-18-11-20-13-21(18)3/h4-7,11,13,15,17H,8-10,12H2,1-3H3/t15-,17+/m0/s1. The number of carbonyl (C=O) groups is 1. The third-order valence-corrected chi connectivity index (χ3v) is 4.96. The summed E-state index contributed by atoms with van der Waals surface area (Å²) in [4.78, 5) is 18.8. The minimum absolute atomic E-state index is 0.258. The summed E-state index contributed by atoms with van der Waals surface area (Å²) in [6.45, 7) is 5.11. The van der Waals surface area contributed by atoms with Crippen LogP contribution in [0.3, 0.4) is 0 Å². The molecule has 0 spiro atoms. The molecule has 1 amide bonds. The van der Waals surface area contributed by atoms with E-state index < -0.39 is 0 Å². The van der Waals surface area contributed by atoms with Crippen molar-refractivity contribution >= 4 is 5.91 Å². The molecule has 0 N–H and O–H groups in total. The number of hydrogen-bond acceptors (Lipinski definition) is 2. The molecule has 0 saturated carbocycles. The number of imidazole rings is 1. The van der Waals surface area contributed by atoms with Crippen LogP contribution in [0, 0.1) is 6.92 Å². The van der Waals surface area contributed by atoms with E-state index in [9.17, 15) is 4.79 Å². The highest BCUT2D eigenvalue weighted by molar-refractivity contribution is 5.77. The van der Waals surface area contributed by atoms with E-state index in [1.54, 1.807) is 6.33 Å². The smallest absolute Gasteiger partial charge is 0.223 e. The molecule has 0 bridgehead atoms. The lowest BCUT2D eigenvalue weighted by Crippen LogP contribution is -2.34. The van der Waals surface area contributed by atoms with Gasteiger partial charge in [0.25, 0.3) is 0 Å². The molecule has 4 nitrogen and oxygen atoms in total. The second kappa shape index (κ2) is 6.57. The highest BCUT2D eigenvalue weighted by atomic mass is 16.2. The predicted octanol–water partition coefficient (Wildman–Crippen LogP) is 3.07. The van der Waals surface area contributed by atoms with Crippen LogP contribution in [-0.2, 0) is 18.3 Å². The Morgan fingerprint density at radius 3 is 2.70 bits per heavy atom. The normalized spacial score (nSPS) is 20.9. The minimum atomic E-state index is 0.258. The molecule has 2 atom stereocenters. The van der Waals surface area contributed by atoms with Crippen molar-refractivity contribution in [3.63, 3.8) is 0 Å². The van der Waals surface area contributed by atoms with Gasteiger partial charge in [-0.15, -0.1) is 0 Å². The molecule has 0 radical (unpaired) electrons. The van der Waals surface area contributed by atoms with Crippen LogP contribution in [-0.4, -0.2) is 32.9 Å². The number of benzene rings is 1. The zero-order valence-electron chi connectivity index (χ0n) is 14.2. The molecule has 1 aliphatic rings. The lowest BCUT2D eigenvalue weighted by Gasteiger charge is -2.21. The van der Waals surface area contributed by atoms with E-state index in [1.807, 2.05) is 17.8 Å². The van der Waals surface area contributed by atoms with E-state index in [0.29, 0.717) is 18.4 Å². The molecular weight excluding hydrogens is 286 g/mol. The second-order valence-corrected chi connectivity index (χ2v) is 6.73. The van der Waals surface area contributed by atoms with Gasteiger partial charge in [-0.1, -0.05) is 29.8 Å². The van der Waals surface area contributed by atoms with Crippen LogP contribution in [0.25, 0.3) is 0 Å². The van der Waals surface area contributed by atoms with E-state index in [2.05, 4.69) is 48.0 Å². The maximum absolute atomic E-state index is 12.6. The third-order valence-electron chi connectivity index (χ3n) is 4.96. The molecule has 23 heavy (non-hydrogen) atoms. The topological polar surface area (TPSA) is 38.1 Å². The fourth-order valence-corrected chi connectivity index (χ4v) is 3.46. The summed E-state index contributed by atoms with van der Waals surface area (Å²) < 4.78 is 1.98. The average Bonchev–Trinajstić information content (AvgIpc) is 3.11. The van der Waals surface area contributed by atoms with E-state index in [4.69, 9.17) is 0 Å². The van der Waals surface area contributed by atoms with Gasteiger partial charge in [-0.3, -0.25) is 4.79 Å². The van der Waals surface area contributed by atoms with Gasteiger partial charge in [0, 0.05) is 43.9 Å². The van der Waals surface area contributed by atoms with Crippen molar-refractivity contribution in [3.8, 4) is 0 Å². The van der Waals surface area contributed by atoms with Crippen molar-refractivity contribution in [2.24, 2.45) is 7.05 Å². The zero-order valence-corrected chi connectivity index (χ0v) is 14.2. The van der Waals surface area contributed by atoms with E-state index in [-0.39, 0.29) is 5.91 Å². The Labute approximate surface area is 138 Å². The first-order valence-corrected chi connectivity index (χ1v) is 8.36. The average molecular weight is 311 g/mol. The van der Waals surface area contributed by atoms with E-state index >= 15 is 0 Å². The first-order chi connectivity index (χ1) is 11.0. The van der Waals surface area contributed by atoms with Gasteiger partial charge in [0.2, 0.25) is 5.91 Å². The molecule has 0 aliphatic carbocycles. The number of carbonyl (C=O) groups excluding carboxylic acids is 1. The Hall–Kier alpha value is -2.10. The quantitative estimate of drug-likeness (QED) is 0.870. The summed E-state index contributed by atoms with van der Waals surface area (Å²) in [5.41, 5.74) is 3.74. The van der Waals surface area contributed by atoms with Gasteiger partial charge in [-0.25, -0.2) is 4.98 Å². The van der Waals surface area contributed by atoms with Crippen LogP contribution in [0.15, 0.2) is 36.8 Å². The van der Waals surface area contributed by atoms with Gasteiger partial charge < -0.3 is 9.47 Å². The van der Waals surface area contributed by atoms with Gasteiger partial charge >= 0.3 is 0 Å². The Balaban J connectivity index is 1.60. The van der Waals surface area contributed by atoms with Crippen LogP contribution >= 0.6 is 0 Å². The monoisotopic (exact) mass is 311 g/mol. The molecule has 0 unspecified atom stereocenters. The van der Waals surface area contributed by atoms with Gasteiger partial charge in [0.15, 0.2) is 0 Å². The summed E-state index contributed by atoms with van der Waals surface area (Å²) >= 11 is 0. The Bertz CT molecular complexity index is 674. The molecule has 2 heterocycles. The van der Waals surface area contributed by atoms with Crippen molar-refractivity contribution in [1.29, 1.82) is 0 Å². The Morgan fingerprint density at radius 2 is 2.04 bits per heavy atom. The summed E-state index contributed by atoms with van der Waals surface area (Å²) in [5.74, 6) is 0.722. The highest BCUT2D eigenvalue weighted by Gasteiger charge is 2.32. The molecular formula is C19H25N3O. The molecule has 1 aliphatic heterocycles. The highest BCUT2D eigenvalue weighted by Crippen LogP contribution is 2.32. The maximum Gasteiger partial charge on any atom is 0.223 e. The minimum Gasteiger partial charge on any atom is -0.339 e.